The van der Waals surface area contributed by atoms with Crippen molar-refractivity contribution in [1.29, 1.82) is 0 Å². The van der Waals surface area contributed by atoms with E-state index < -0.39 is 0 Å². The molecule has 1 fully saturated rings. The second kappa shape index (κ2) is 11.0. The van der Waals surface area contributed by atoms with Gasteiger partial charge in [0.05, 0.1) is 0 Å². The highest BCUT2D eigenvalue weighted by Crippen LogP contribution is 2.29. The minimum absolute atomic E-state index is 0.153. The van der Waals surface area contributed by atoms with Crippen LogP contribution in [0.15, 0.2) is 24.3 Å². The van der Waals surface area contributed by atoms with E-state index in [0.29, 0.717) is 6.42 Å². The Hall–Kier alpha value is -0.860. The van der Waals surface area contributed by atoms with Gasteiger partial charge < -0.3 is 19.5 Å². The summed E-state index contributed by atoms with van der Waals surface area (Å²) in [7, 11) is 1.59. The minimum Gasteiger partial charge on any atom is -0.443 e. The third-order valence-corrected chi connectivity index (χ3v) is 5.49. The van der Waals surface area contributed by atoms with Gasteiger partial charge in [0, 0.05) is 16.7 Å². The van der Waals surface area contributed by atoms with Gasteiger partial charge in [-0.3, -0.25) is 0 Å². The fraction of sp³-hybridized carbons (Fsp3) is 0.632. The van der Waals surface area contributed by atoms with Crippen molar-refractivity contribution in [2.45, 2.75) is 63.7 Å². The van der Waals surface area contributed by atoms with Crippen molar-refractivity contribution < 1.29 is 19.0 Å². The Kier molecular flexibility index (Phi) is 8.98. The van der Waals surface area contributed by atoms with Gasteiger partial charge in [-0.05, 0) is 53.5 Å². The van der Waals surface area contributed by atoms with Crippen molar-refractivity contribution in [2.75, 3.05) is 13.9 Å². The van der Waals surface area contributed by atoms with E-state index in [-0.39, 0.29) is 31.1 Å². The van der Waals surface area contributed by atoms with Gasteiger partial charge in [0.25, 0.3) is 0 Å². The highest BCUT2D eigenvalue weighted by molar-refractivity contribution is 14.1. The Morgan fingerprint density at radius 1 is 1.28 bits per heavy atom. The van der Waals surface area contributed by atoms with Crippen LogP contribution in [0.25, 0.3) is 0 Å². The van der Waals surface area contributed by atoms with Gasteiger partial charge in [-0.15, -0.1) is 0 Å². The molecule has 140 valence electrons. The number of amides is 1. The fourth-order valence-electron chi connectivity index (χ4n) is 3.19. The number of hydrogen-bond donors (Lipinski definition) is 1. The molecule has 0 bridgehead atoms. The smallest absolute Gasteiger partial charge is 0.407 e. The molecule has 0 heterocycles. The molecule has 1 N–H and O–H groups in total. The number of rotatable bonds is 8. The van der Waals surface area contributed by atoms with Gasteiger partial charge in [0.2, 0.25) is 0 Å². The molecule has 2 rings (SSSR count). The molecular formula is C19H28INO4. The van der Waals surface area contributed by atoms with E-state index in [2.05, 4.69) is 27.9 Å². The number of alkyl carbamates (subject to hydrolysis) is 1. The highest BCUT2D eigenvalue weighted by atomic mass is 127. The predicted molar refractivity (Wildman–Crippen MR) is 105 cm³/mol. The molecule has 0 aromatic heterocycles. The van der Waals surface area contributed by atoms with E-state index in [1.165, 1.54) is 19.3 Å². The molecule has 1 aromatic rings. The van der Waals surface area contributed by atoms with Gasteiger partial charge in [-0.25, -0.2) is 4.79 Å². The van der Waals surface area contributed by atoms with Gasteiger partial charge in [-0.1, -0.05) is 44.4 Å². The first-order valence-electron chi connectivity index (χ1n) is 8.97. The lowest BCUT2D eigenvalue weighted by molar-refractivity contribution is -0.117. The van der Waals surface area contributed by atoms with Crippen molar-refractivity contribution in [3.05, 3.63) is 33.4 Å². The van der Waals surface area contributed by atoms with Gasteiger partial charge in [-0.2, -0.15) is 0 Å². The van der Waals surface area contributed by atoms with E-state index in [1.807, 2.05) is 31.2 Å². The zero-order chi connectivity index (χ0) is 18.1. The zero-order valence-corrected chi connectivity index (χ0v) is 17.2. The summed E-state index contributed by atoms with van der Waals surface area (Å²) in [5.74, 6) is 0. The molecular weight excluding hydrogens is 433 g/mol. The lowest BCUT2D eigenvalue weighted by Gasteiger charge is -2.29. The molecule has 2 atom stereocenters. The summed E-state index contributed by atoms with van der Waals surface area (Å²) in [5, 5.41) is 3.01. The quantitative estimate of drug-likeness (QED) is 0.447. The summed E-state index contributed by atoms with van der Waals surface area (Å²) in [6, 6.07) is 8.21. The summed E-state index contributed by atoms with van der Waals surface area (Å²) < 4.78 is 17.8. The maximum absolute atomic E-state index is 12.4. The van der Waals surface area contributed by atoms with Crippen LogP contribution in [-0.4, -0.2) is 32.1 Å². The number of nitrogens with one attached hydrogen (secondary N) is 1. The summed E-state index contributed by atoms with van der Waals surface area (Å²) in [6.07, 6.45) is 5.26. The van der Waals surface area contributed by atoms with Crippen molar-refractivity contribution in [3.63, 3.8) is 0 Å². The summed E-state index contributed by atoms with van der Waals surface area (Å²) >= 11 is 2.28. The molecule has 25 heavy (non-hydrogen) atoms. The Labute approximate surface area is 163 Å². The highest BCUT2D eigenvalue weighted by Gasteiger charge is 2.28. The summed E-state index contributed by atoms with van der Waals surface area (Å²) in [5.41, 5.74) is 1.01. The second-order valence-corrected chi connectivity index (χ2v) is 7.51. The first-order valence-corrected chi connectivity index (χ1v) is 10.1. The summed E-state index contributed by atoms with van der Waals surface area (Å²) in [4.78, 5) is 12.4. The first-order chi connectivity index (χ1) is 12.2. The molecule has 1 aliphatic rings. The van der Waals surface area contributed by atoms with Crippen molar-refractivity contribution >= 4 is 28.7 Å². The average molecular weight is 461 g/mol. The van der Waals surface area contributed by atoms with E-state index >= 15 is 0 Å². The molecule has 0 aliphatic heterocycles. The van der Waals surface area contributed by atoms with E-state index in [4.69, 9.17) is 14.2 Å². The number of methoxy groups -OCH3 is 1. The molecule has 0 spiro atoms. The van der Waals surface area contributed by atoms with Crippen LogP contribution >= 0.6 is 22.6 Å². The first kappa shape index (κ1) is 20.5. The topological polar surface area (TPSA) is 56.8 Å². The molecule has 1 amide bonds. The normalized spacial score (nSPS) is 17.7. The van der Waals surface area contributed by atoms with Gasteiger partial charge in [0.1, 0.15) is 19.0 Å². The molecule has 1 aromatic carbocycles. The SMILES string of the molecule is CC[C@H](OC(=O)NC1CCCCC1)[C@@H](OCOC)c1ccccc1I. The minimum atomic E-state index is -0.366. The third kappa shape index (κ3) is 6.42. The van der Waals surface area contributed by atoms with Crippen molar-refractivity contribution in [2.24, 2.45) is 0 Å². The molecule has 6 heteroatoms. The summed E-state index contributed by atoms with van der Waals surface area (Å²) in [6.45, 7) is 2.15. The van der Waals surface area contributed by atoms with Crippen LogP contribution in [0.3, 0.4) is 0 Å². The molecule has 0 radical (unpaired) electrons. The largest absolute Gasteiger partial charge is 0.443 e. The molecule has 0 saturated heterocycles. The van der Waals surface area contributed by atoms with Gasteiger partial charge >= 0.3 is 6.09 Å². The van der Waals surface area contributed by atoms with Gasteiger partial charge in [0.15, 0.2) is 0 Å². The van der Waals surface area contributed by atoms with Crippen LogP contribution in [0.1, 0.15) is 57.1 Å². The average Bonchev–Trinajstić information content (AvgIpc) is 2.63. The molecule has 0 unspecified atom stereocenters. The lowest BCUT2D eigenvalue weighted by atomic mass is 9.96. The van der Waals surface area contributed by atoms with Crippen LogP contribution < -0.4 is 5.32 Å². The second-order valence-electron chi connectivity index (χ2n) is 6.35. The van der Waals surface area contributed by atoms with Crippen LogP contribution in [0.4, 0.5) is 4.79 Å². The standard InChI is InChI=1S/C19H28INO4/c1-3-17(25-19(22)21-14-9-5-4-6-10-14)18(24-13-23-2)15-11-7-8-12-16(15)20/h7-8,11-12,14,17-18H,3-6,9-10,13H2,1-2H3,(H,21,22)/t17-,18-/m0/s1. The zero-order valence-electron chi connectivity index (χ0n) is 15.0. The maximum atomic E-state index is 12.4. The van der Waals surface area contributed by atoms with Crippen LogP contribution in [0, 0.1) is 3.57 Å². The maximum Gasteiger partial charge on any atom is 0.407 e. The Balaban J connectivity index is 2.04. The molecule has 1 aliphatic carbocycles. The Bertz CT molecular complexity index is 534. The van der Waals surface area contributed by atoms with E-state index in [1.54, 1.807) is 7.11 Å². The number of carbonyl (C=O) groups excluding carboxylic acids is 1. The monoisotopic (exact) mass is 461 g/mol. The number of halogens is 1. The van der Waals surface area contributed by atoms with Crippen molar-refractivity contribution in [1.82, 2.24) is 5.32 Å². The lowest BCUT2D eigenvalue weighted by Crippen LogP contribution is -2.39. The van der Waals surface area contributed by atoms with Crippen LogP contribution in [0.2, 0.25) is 0 Å². The number of benzene rings is 1. The number of ether oxygens (including phenoxy) is 3. The Morgan fingerprint density at radius 2 is 2.00 bits per heavy atom. The van der Waals surface area contributed by atoms with Crippen molar-refractivity contribution in [3.8, 4) is 0 Å². The van der Waals surface area contributed by atoms with Crippen LogP contribution in [-0.2, 0) is 14.2 Å². The van der Waals surface area contributed by atoms with Crippen LogP contribution in [0.5, 0.6) is 0 Å². The molecule has 1 saturated carbocycles. The number of carbonyl (C=O) groups is 1. The third-order valence-electron chi connectivity index (χ3n) is 4.50. The molecule has 5 nitrogen and oxygen atoms in total. The number of hydrogen-bond acceptors (Lipinski definition) is 4. The Morgan fingerprint density at radius 3 is 2.64 bits per heavy atom. The van der Waals surface area contributed by atoms with E-state index in [9.17, 15) is 4.79 Å². The van der Waals surface area contributed by atoms with E-state index in [0.717, 1.165) is 22.0 Å². The predicted octanol–water partition coefficient (Wildman–Crippen LogP) is 4.79. The fourth-order valence-corrected chi connectivity index (χ4v) is 3.88.